The van der Waals surface area contributed by atoms with Crippen LogP contribution >= 0.6 is 15.9 Å². The van der Waals surface area contributed by atoms with Crippen LogP contribution in [0.4, 0.5) is 0 Å². The maximum Gasteiger partial charge on any atom is 0.230 e. The van der Waals surface area contributed by atoms with Crippen molar-refractivity contribution in [3.63, 3.8) is 0 Å². The Kier molecular flexibility index (Phi) is 13.1. The molecular weight excluding hydrogens is 236 g/mol. The van der Waals surface area contributed by atoms with Crippen LogP contribution in [0.2, 0.25) is 0 Å². The molecule has 0 unspecified atom stereocenters. The van der Waals surface area contributed by atoms with Gasteiger partial charge in [-0.3, -0.25) is 9.59 Å². The highest BCUT2D eigenvalue weighted by Crippen LogP contribution is 1.80. The van der Waals surface area contributed by atoms with Gasteiger partial charge >= 0.3 is 0 Å². The quantitative estimate of drug-likeness (QED) is 0.723. The molecule has 0 heterocycles. The van der Waals surface area contributed by atoms with Crippen LogP contribution in [-0.4, -0.2) is 30.7 Å². The summed E-state index contributed by atoms with van der Waals surface area (Å²) in [4.78, 5) is 21.2. The number of hydrogen-bond acceptors (Lipinski definition) is 2. The lowest BCUT2D eigenvalue weighted by Crippen LogP contribution is -2.29. The molecule has 2 N–H and O–H groups in total. The van der Waals surface area contributed by atoms with E-state index < -0.39 is 0 Å². The third-order valence-electron chi connectivity index (χ3n) is 1.07. The fourth-order valence-electron chi connectivity index (χ4n) is 0.488. The normalized spacial score (nSPS) is 8.00. The lowest BCUT2D eigenvalue weighted by molar-refractivity contribution is -0.121. The molecule has 2 amide bonds. The zero-order valence-electron chi connectivity index (χ0n) is 8.32. The van der Waals surface area contributed by atoms with E-state index in [9.17, 15) is 9.59 Å². The van der Waals surface area contributed by atoms with Crippen LogP contribution < -0.4 is 10.6 Å². The molecule has 0 radical (unpaired) electrons. The minimum atomic E-state index is -0.103. The van der Waals surface area contributed by atoms with Crippen LogP contribution in [0.5, 0.6) is 0 Å². The van der Waals surface area contributed by atoms with Crippen molar-refractivity contribution in [2.45, 2.75) is 20.3 Å². The molecule has 0 rings (SSSR count). The van der Waals surface area contributed by atoms with E-state index in [4.69, 9.17) is 0 Å². The third kappa shape index (κ3) is 11.4. The Morgan fingerprint density at radius 1 is 1.23 bits per heavy atom. The van der Waals surface area contributed by atoms with Gasteiger partial charge in [0.1, 0.15) is 0 Å². The van der Waals surface area contributed by atoms with Gasteiger partial charge in [-0.15, -0.1) is 0 Å². The molecule has 0 saturated heterocycles. The molecule has 0 bridgehead atoms. The topological polar surface area (TPSA) is 58.2 Å². The predicted octanol–water partition coefficient (Wildman–Crippen LogP) is 0.660. The first kappa shape index (κ1) is 14.9. The van der Waals surface area contributed by atoms with Gasteiger partial charge in [0.2, 0.25) is 11.8 Å². The number of alkyl halides is 1. The minimum absolute atomic E-state index is 0.0696. The number of hydrogen-bond donors (Lipinski definition) is 2. The fraction of sp³-hybridized carbons (Fsp3) is 0.750. The van der Waals surface area contributed by atoms with Crippen molar-refractivity contribution in [2.75, 3.05) is 18.9 Å². The Hall–Kier alpha value is -0.580. The lowest BCUT2D eigenvalue weighted by Gasteiger charge is -2.00. The largest absolute Gasteiger partial charge is 0.359 e. The first-order chi connectivity index (χ1) is 6.20. The summed E-state index contributed by atoms with van der Waals surface area (Å²) >= 11 is 2.99. The van der Waals surface area contributed by atoms with Crippen molar-refractivity contribution >= 4 is 27.7 Å². The van der Waals surface area contributed by atoms with Crippen LogP contribution in [0.25, 0.3) is 0 Å². The van der Waals surface area contributed by atoms with Crippen molar-refractivity contribution in [3.05, 3.63) is 0 Å². The molecule has 0 aliphatic carbocycles. The molecule has 0 aliphatic heterocycles. The maximum absolute atomic E-state index is 10.6. The van der Waals surface area contributed by atoms with Gasteiger partial charge in [-0.05, 0) is 0 Å². The molecule has 0 aliphatic rings. The summed E-state index contributed by atoms with van der Waals surface area (Å²) in [5, 5.41) is 5.28. The standard InChI is InChI=1S/C6H11BrN2O2.C2H6/c1-8-5(10)2-3-9-6(11)4-7;1-2/h2-4H2,1H3,(H,8,10)(H,9,11);1-2H3. The van der Waals surface area contributed by atoms with Gasteiger partial charge in [-0.1, -0.05) is 29.8 Å². The van der Waals surface area contributed by atoms with Crippen molar-refractivity contribution in [3.8, 4) is 0 Å². The van der Waals surface area contributed by atoms with Crippen LogP contribution in [0, 0.1) is 0 Å². The molecule has 5 heteroatoms. The van der Waals surface area contributed by atoms with Crippen LogP contribution in [0.1, 0.15) is 20.3 Å². The highest BCUT2D eigenvalue weighted by atomic mass is 79.9. The molecular formula is C8H17BrN2O2. The first-order valence-corrected chi connectivity index (χ1v) is 5.36. The van der Waals surface area contributed by atoms with Crippen LogP contribution in [0.15, 0.2) is 0 Å². The van der Waals surface area contributed by atoms with Crippen LogP contribution in [-0.2, 0) is 9.59 Å². The fourth-order valence-corrected chi connectivity index (χ4v) is 0.686. The monoisotopic (exact) mass is 252 g/mol. The number of amides is 2. The van der Waals surface area contributed by atoms with Gasteiger partial charge < -0.3 is 10.6 Å². The zero-order valence-corrected chi connectivity index (χ0v) is 9.90. The summed E-state index contributed by atoms with van der Waals surface area (Å²) < 4.78 is 0. The second kappa shape index (κ2) is 11.4. The van der Waals surface area contributed by atoms with E-state index in [0.717, 1.165) is 0 Å². The Labute approximate surface area is 87.6 Å². The van der Waals surface area contributed by atoms with E-state index in [1.807, 2.05) is 13.8 Å². The van der Waals surface area contributed by atoms with Crippen molar-refractivity contribution in [2.24, 2.45) is 0 Å². The molecule has 0 fully saturated rings. The van der Waals surface area contributed by atoms with Gasteiger partial charge in [-0.25, -0.2) is 0 Å². The number of carbonyl (C=O) groups is 2. The second-order valence-corrected chi connectivity index (χ2v) is 2.47. The highest BCUT2D eigenvalue weighted by Gasteiger charge is 1.99. The lowest BCUT2D eigenvalue weighted by atomic mass is 10.4. The third-order valence-corrected chi connectivity index (χ3v) is 1.58. The van der Waals surface area contributed by atoms with E-state index in [2.05, 4.69) is 26.6 Å². The molecule has 0 aromatic carbocycles. The molecule has 13 heavy (non-hydrogen) atoms. The van der Waals surface area contributed by atoms with Gasteiger partial charge in [0, 0.05) is 20.0 Å². The molecule has 0 aromatic heterocycles. The van der Waals surface area contributed by atoms with E-state index in [-0.39, 0.29) is 17.1 Å². The summed E-state index contributed by atoms with van der Waals surface area (Å²) in [6.07, 6.45) is 0.329. The van der Waals surface area contributed by atoms with E-state index >= 15 is 0 Å². The minimum Gasteiger partial charge on any atom is -0.359 e. The van der Waals surface area contributed by atoms with Gasteiger partial charge in [0.25, 0.3) is 0 Å². The Morgan fingerprint density at radius 2 is 1.77 bits per heavy atom. The maximum atomic E-state index is 10.6. The molecule has 4 nitrogen and oxygen atoms in total. The van der Waals surface area contributed by atoms with Crippen molar-refractivity contribution in [1.82, 2.24) is 10.6 Å². The number of carbonyl (C=O) groups excluding carboxylic acids is 2. The molecule has 0 atom stereocenters. The van der Waals surface area contributed by atoms with Gasteiger partial charge in [0.05, 0.1) is 5.33 Å². The van der Waals surface area contributed by atoms with Crippen molar-refractivity contribution in [1.29, 1.82) is 0 Å². The second-order valence-electron chi connectivity index (χ2n) is 1.91. The summed E-state index contributed by atoms with van der Waals surface area (Å²) in [6, 6.07) is 0. The van der Waals surface area contributed by atoms with Crippen molar-refractivity contribution < 1.29 is 9.59 Å². The van der Waals surface area contributed by atoms with E-state index in [1.54, 1.807) is 7.05 Å². The zero-order chi connectivity index (χ0) is 10.7. The smallest absolute Gasteiger partial charge is 0.230 e. The Morgan fingerprint density at radius 3 is 2.15 bits per heavy atom. The van der Waals surface area contributed by atoms with Gasteiger partial charge in [-0.2, -0.15) is 0 Å². The molecule has 78 valence electrons. The number of halogens is 1. The SMILES string of the molecule is CC.CNC(=O)CCNC(=O)CBr. The average Bonchev–Trinajstić information content (AvgIpc) is 2.20. The van der Waals surface area contributed by atoms with E-state index in [1.165, 1.54) is 0 Å². The predicted molar refractivity (Wildman–Crippen MR) is 56.8 cm³/mol. The molecule has 0 aromatic rings. The Balaban J connectivity index is 0. The molecule has 0 spiro atoms. The Bertz CT molecular complexity index is 135. The van der Waals surface area contributed by atoms with Crippen LogP contribution in [0.3, 0.4) is 0 Å². The number of rotatable bonds is 4. The summed E-state index contributed by atoms with van der Waals surface area (Å²) in [7, 11) is 1.56. The van der Waals surface area contributed by atoms with Gasteiger partial charge in [0.15, 0.2) is 0 Å². The number of nitrogens with one attached hydrogen (secondary N) is 2. The molecule has 0 saturated carbocycles. The average molecular weight is 253 g/mol. The van der Waals surface area contributed by atoms with E-state index in [0.29, 0.717) is 13.0 Å². The summed E-state index contributed by atoms with van der Waals surface area (Å²) in [5.74, 6) is -0.172. The highest BCUT2D eigenvalue weighted by molar-refractivity contribution is 9.09. The summed E-state index contributed by atoms with van der Waals surface area (Å²) in [6.45, 7) is 4.39. The summed E-state index contributed by atoms with van der Waals surface area (Å²) in [5.41, 5.74) is 0. The first-order valence-electron chi connectivity index (χ1n) is 4.24.